The van der Waals surface area contributed by atoms with Crippen LogP contribution in [0.2, 0.25) is 5.02 Å². The van der Waals surface area contributed by atoms with Crippen molar-refractivity contribution >= 4 is 34.7 Å². The zero-order valence-electron chi connectivity index (χ0n) is 11.5. The van der Waals surface area contributed by atoms with Crippen molar-refractivity contribution in [3.8, 4) is 0 Å². The average Bonchev–Trinajstić information content (AvgIpc) is 2.81. The molecule has 2 N–H and O–H groups in total. The minimum absolute atomic E-state index is 0.00198. The Bertz CT molecular complexity index is 713. The first-order valence-electron chi connectivity index (χ1n) is 6.39. The topological polar surface area (TPSA) is 93.5 Å². The van der Waals surface area contributed by atoms with Crippen LogP contribution in [0.15, 0.2) is 37.2 Å². The number of rotatable bonds is 6. The van der Waals surface area contributed by atoms with Crippen molar-refractivity contribution in [3.05, 3.63) is 42.2 Å². The molecule has 0 saturated heterocycles. The van der Waals surface area contributed by atoms with Crippen LogP contribution in [0.1, 0.15) is 0 Å². The number of hydrogen-bond acceptors (Lipinski definition) is 4. The second-order valence-corrected chi connectivity index (χ2v) is 4.83. The number of hydrogen-bond donors (Lipinski definition) is 2. The summed E-state index contributed by atoms with van der Waals surface area (Å²) >= 11 is 6.08. The van der Waals surface area contributed by atoms with Crippen LogP contribution in [-0.4, -0.2) is 39.4 Å². The molecule has 0 aliphatic rings. The summed E-state index contributed by atoms with van der Waals surface area (Å²) in [5.74, 6) is -1.19. The monoisotopic (exact) mass is 323 g/mol. The number of aliphatic carboxylic acids is 1. The quantitative estimate of drug-likeness (QED) is 0.794. The molecule has 0 fully saturated rings. The molecule has 1 unspecified atom stereocenters. The van der Waals surface area contributed by atoms with E-state index < -0.39 is 18.1 Å². The average molecular weight is 324 g/mol. The third-order valence-electron chi connectivity index (χ3n) is 2.89. The number of nitrogens with one attached hydrogen (secondary N) is 1. The summed E-state index contributed by atoms with van der Waals surface area (Å²) in [7, 11) is 0. The molecule has 7 nitrogen and oxygen atoms in total. The van der Waals surface area contributed by atoms with Crippen LogP contribution in [0.3, 0.4) is 0 Å². The van der Waals surface area contributed by atoms with Crippen molar-refractivity contribution in [2.75, 3.05) is 6.61 Å². The molecular formula is C14H14ClN3O4. The second-order valence-electron chi connectivity index (χ2n) is 4.43. The minimum Gasteiger partial charge on any atom is -0.480 e. The Hall–Kier alpha value is -2.54. The number of fused-ring (bicyclic) bond motifs is 1. The second kappa shape index (κ2) is 6.95. The molecule has 0 bridgehead atoms. The molecule has 2 aromatic heterocycles. The Labute approximate surface area is 131 Å². The van der Waals surface area contributed by atoms with Gasteiger partial charge in [0.1, 0.15) is 18.3 Å². The van der Waals surface area contributed by atoms with Gasteiger partial charge in [0.25, 0.3) is 0 Å². The first-order chi connectivity index (χ1) is 10.5. The molecule has 0 spiro atoms. The summed E-state index contributed by atoms with van der Waals surface area (Å²) in [6.07, 6.45) is 3.71. The van der Waals surface area contributed by atoms with Crippen molar-refractivity contribution in [2.45, 2.75) is 12.6 Å². The number of halogens is 1. The van der Waals surface area contributed by atoms with Crippen LogP contribution >= 0.6 is 11.6 Å². The first kappa shape index (κ1) is 15.8. The van der Waals surface area contributed by atoms with Crippen LogP contribution in [0.25, 0.3) is 11.0 Å². The number of carbonyl (C=O) groups is 2. The molecule has 2 heterocycles. The molecule has 1 atom stereocenters. The van der Waals surface area contributed by atoms with Crippen molar-refractivity contribution in [1.82, 2.24) is 14.9 Å². The minimum atomic E-state index is -1.19. The van der Waals surface area contributed by atoms with E-state index in [0.29, 0.717) is 16.1 Å². The van der Waals surface area contributed by atoms with Gasteiger partial charge in [0.2, 0.25) is 0 Å². The van der Waals surface area contributed by atoms with Crippen LogP contribution in [0, 0.1) is 0 Å². The van der Waals surface area contributed by atoms with E-state index in [0.717, 1.165) is 0 Å². The van der Waals surface area contributed by atoms with Crippen LogP contribution in [-0.2, 0) is 16.1 Å². The fraction of sp³-hybridized carbons (Fsp3) is 0.214. The van der Waals surface area contributed by atoms with Gasteiger partial charge in [-0.05, 0) is 12.1 Å². The van der Waals surface area contributed by atoms with Crippen molar-refractivity contribution in [3.63, 3.8) is 0 Å². The molecule has 0 saturated carbocycles. The van der Waals surface area contributed by atoms with Crippen LogP contribution < -0.4 is 5.32 Å². The predicted octanol–water partition coefficient (Wildman–Crippen LogP) is 2.06. The van der Waals surface area contributed by atoms with Gasteiger partial charge < -0.3 is 19.7 Å². The van der Waals surface area contributed by atoms with E-state index in [1.165, 1.54) is 6.08 Å². The third kappa shape index (κ3) is 3.56. The number of alkyl carbamates (subject to hydrolysis) is 1. The van der Waals surface area contributed by atoms with Gasteiger partial charge in [0, 0.05) is 17.8 Å². The highest BCUT2D eigenvalue weighted by molar-refractivity contribution is 6.35. The largest absolute Gasteiger partial charge is 0.480 e. The lowest BCUT2D eigenvalue weighted by Gasteiger charge is -2.15. The smallest absolute Gasteiger partial charge is 0.408 e. The van der Waals surface area contributed by atoms with E-state index in [4.69, 9.17) is 16.3 Å². The Morgan fingerprint density at radius 1 is 1.59 bits per heavy atom. The summed E-state index contributed by atoms with van der Waals surface area (Å²) in [4.78, 5) is 27.0. The number of nitrogens with zero attached hydrogens (tertiary/aromatic N) is 2. The predicted molar refractivity (Wildman–Crippen MR) is 80.8 cm³/mol. The van der Waals surface area contributed by atoms with Crippen LogP contribution in [0.5, 0.6) is 0 Å². The van der Waals surface area contributed by atoms with Gasteiger partial charge in [-0.25, -0.2) is 14.6 Å². The number of pyridine rings is 1. The Morgan fingerprint density at radius 3 is 3.05 bits per heavy atom. The number of carboxylic acid groups (broad SMARTS) is 1. The first-order valence-corrected chi connectivity index (χ1v) is 6.77. The summed E-state index contributed by atoms with van der Waals surface area (Å²) in [5.41, 5.74) is 0.542. The fourth-order valence-electron chi connectivity index (χ4n) is 1.92. The Kier molecular flexibility index (Phi) is 5.00. The summed E-state index contributed by atoms with van der Waals surface area (Å²) < 4.78 is 6.29. The van der Waals surface area contributed by atoms with E-state index in [1.54, 1.807) is 29.1 Å². The van der Waals surface area contributed by atoms with Gasteiger partial charge >= 0.3 is 12.1 Å². The summed E-state index contributed by atoms with van der Waals surface area (Å²) in [5, 5.41) is 12.7. The fourth-order valence-corrected chi connectivity index (χ4v) is 2.18. The van der Waals surface area contributed by atoms with Gasteiger partial charge in [-0.1, -0.05) is 24.3 Å². The number of aromatic nitrogens is 2. The van der Waals surface area contributed by atoms with E-state index in [2.05, 4.69) is 16.9 Å². The SMILES string of the molecule is C=CCOC(=O)NC(Cn1cc(Cl)c2cccnc21)C(=O)O. The Balaban J connectivity index is 2.18. The van der Waals surface area contributed by atoms with Crippen molar-refractivity contribution in [1.29, 1.82) is 0 Å². The molecule has 116 valence electrons. The van der Waals surface area contributed by atoms with Gasteiger partial charge in [0.15, 0.2) is 0 Å². The highest BCUT2D eigenvalue weighted by Gasteiger charge is 2.22. The van der Waals surface area contributed by atoms with E-state index in [-0.39, 0.29) is 13.2 Å². The van der Waals surface area contributed by atoms with Crippen molar-refractivity contribution < 1.29 is 19.4 Å². The molecule has 0 radical (unpaired) electrons. The lowest BCUT2D eigenvalue weighted by molar-refractivity contribution is -0.139. The van der Waals surface area contributed by atoms with E-state index >= 15 is 0 Å². The maximum Gasteiger partial charge on any atom is 0.408 e. The molecule has 2 aromatic rings. The molecule has 2 rings (SSSR count). The highest BCUT2D eigenvalue weighted by atomic mass is 35.5. The Morgan fingerprint density at radius 2 is 2.36 bits per heavy atom. The number of ether oxygens (including phenoxy) is 1. The third-order valence-corrected chi connectivity index (χ3v) is 3.19. The zero-order chi connectivity index (χ0) is 16.1. The van der Waals surface area contributed by atoms with E-state index in [1.807, 2.05) is 0 Å². The lowest BCUT2D eigenvalue weighted by Crippen LogP contribution is -2.43. The molecule has 0 aliphatic carbocycles. The normalized spacial score (nSPS) is 11.9. The maximum atomic E-state index is 11.5. The highest BCUT2D eigenvalue weighted by Crippen LogP contribution is 2.23. The van der Waals surface area contributed by atoms with Crippen LogP contribution in [0.4, 0.5) is 4.79 Å². The zero-order valence-corrected chi connectivity index (χ0v) is 12.3. The molecule has 0 aromatic carbocycles. The van der Waals surface area contributed by atoms with E-state index in [9.17, 15) is 14.7 Å². The molecule has 0 aliphatic heterocycles. The standard InChI is InChI=1S/C14H14ClN3O4/c1-2-6-22-14(21)17-11(13(19)20)8-18-7-10(15)9-4-3-5-16-12(9)18/h2-5,7,11H,1,6,8H2,(H,17,21)(H,19,20). The molecule has 8 heteroatoms. The van der Waals surface area contributed by atoms with Crippen molar-refractivity contribution in [2.24, 2.45) is 0 Å². The van der Waals surface area contributed by atoms with Gasteiger partial charge in [-0.2, -0.15) is 0 Å². The summed E-state index contributed by atoms with van der Waals surface area (Å²) in [6.45, 7) is 3.37. The number of amides is 1. The summed E-state index contributed by atoms with van der Waals surface area (Å²) in [6, 6.07) is 2.34. The molecular weight excluding hydrogens is 310 g/mol. The maximum absolute atomic E-state index is 11.5. The molecule has 22 heavy (non-hydrogen) atoms. The lowest BCUT2D eigenvalue weighted by atomic mass is 10.3. The number of carbonyl (C=O) groups excluding carboxylic acids is 1. The number of carboxylic acids is 1. The van der Waals surface area contributed by atoms with Gasteiger partial charge in [-0.15, -0.1) is 0 Å². The molecule has 1 amide bonds. The van der Waals surface area contributed by atoms with Gasteiger partial charge in [0.05, 0.1) is 11.6 Å². The van der Waals surface area contributed by atoms with Gasteiger partial charge in [-0.3, -0.25) is 0 Å².